The maximum Gasteiger partial charge on any atom is 0.185 e. The molecule has 0 saturated carbocycles. The number of para-hydroxylation sites is 1. The van der Waals surface area contributed by atoms with E-state index >= 15 is 0 Å². The van der Waals surface area contributed by atoms with Gasteiger partial charge in [0.15, 0.2) is 6.29 Å². The molecule has 0 fully saturated rings. The second kappa shape index (κ2) is 7.55. The quantitative estimate of drug-likeness (QED) is 0.601. The Morgan fingerprint density at radius 3 is 2.24 bits per heavy atom. The van der Waals surface area contributed by atoms with Crippen molar-refractivity contribution in [3.8, 4) is 0 Å². The molecule has 2 aromatic carbocycles. The van der Waals surface area contributed by atoms with Crippen LogP contribution in [0, 0.1) is 0 Å². The average Bonchev–Trinajstić information content (AvgIpc) is 2.55. The van der Waals surface area contributed by atoms with Crippen LogP contribution in [-0.4, -0.2) is 20.1 Å². The first-order chi connectivity index (χ1) is 10.3. The molecule has 0 aliphatic rings. The van der Waals surface area contributed by atoms with Crippen LogP contribution in [0.1, 0.15) is 24.3 Å². The van der Waals surface area contributed by atoms with Gasteiger partial charge in [0.2, 0.25) is 0 Å². The molecule has 0 heterocycles. The maximum absolute atomic E-state index is 5.30. The fourth-order valence-corrected chi connectivity index (χ4v) is 2.04. The standard InChI is InChI=1S/C18H19NO2/c1-14(15-9-5-4-6-10-15)13-19-17-12-8-7-11-16(17)18(20-2)21-3/h4-12,18H,1-3H3. The summed E-state index contributed by atoms with van der Waals surface area (Å²) in [6, 6.07) is 17.8. The zero-order valence-corrected chi connectivity index (χ0v) is 12.5. The van der Waals surface area contributed by atoms with Crippen LogP contribution in [-0.2, 0) is 9.47 Å². The van der Waals surface area contributed by atoms with Gasteiger partial charge in [-0.05, 0) is 24.4 Å². The predicted molar refractivity (Wildman–Crippen MR) is 85.8 cm³/mol. The third kappa shape index (κ3) is 3.89. The van der Waals surface area contributed by atoms with E-state index in [2.05, 4.69) is 10.9 Å². The summed E-state index contributed by atoms with van der Waals surface area (Å²) in [7, 11) is 3.22. The number of rotatable bonds is 5. The molecule has 0 aromatic heterocycles. The highest BCUT2D eigenvalue weighted by atomic mass is 16.7. The Hall–Kier alpha value is -2.19. The van der Waals surface area contributed by atoms with Crippen LogP contribution in [0.2, 0.25) is 0 Å². The Kier molecular flexibility index (Phi) is 5.47. The second-order valence-corrected chi connectivity index (χ2v) is 4.58. The number of hydrogen-bond acceptors (Lipinski definition) is 3. The molecule has 0 saturated heterocycles. The number of methoxy groups -OCH3 is 2. The van der Waals surface area contributed by atoms with Gasteiger partial charge in [-0.15, -0.1) is 0 Å². The summed E-state index contributed by atoms with van der Waals surface area (Å²) >= 11 is 0. The van der Waals surface area contributed by atoms with Crippen LogP contribution in [0.25, 0.3) is 5.57 Å². The van der Waals surface area contributed by atoms with Crippen molar-refractivity contribution in [3.63, 3.8) is 0 Å². The van der Waals surface area contributed by atoms with E-state index in [9.17, 15) is 0 Å². The van der Waals surface area contributed by atoms with E-state index < -0.39 is 6.29 Å². The summed E-state index contributed by atoms with van der Waals surface area (Å²) in [4.78, 5) is 4.45. The topological polar surface area (TPSA) is 30.8 Å². The lowest BCUT2D eigenvalue weighted by Gasteiger charge is -2.14. The molecule has 0 spiro atoms. The summed E-state index contributed by atoms with van der Waals surface area (Å²) in [6.07, 6.45) is -0.427. The van der Waals surface area contributed by atoms with Gasteiger partial charge in [-0.25, -0.2) is 4.99 Å². The van der Waals surface area contributed by atoms with Gasteiger partial charge in [-0.3, -0.25) is 0 Å². The van der Waals surface area contributed by atoms with Gasteiger partial charge in [-0.1, -0.05) is 48.5 Å². The van der Waals surface area contributed by atoms with Gasteiger partial charge in [0.05, 0.1) is 5.69 Å². The molecule has 2 rings (SSSR count). The van der Waals surface area contributed by atoms with E-state index in [0.29, 0.717) is 0 Å². The van der Waals surface area contributed by atoms with Crippen LogP contribution in [0.4, 0.5) is 5.69 Å². The van der Waals surface area contributed by atoms with Crippen molar-refractivity contribution in [2.24, 2.45) is 4.99 Å². The van der Waals surface area contributed by atoms with E-state index in [1.165, 1.54) is 0 Å². The van der Waals surface area contributed by atoms with Crippen molar-refractivity contribution in [1.29, 1.82) is 0 Å². The number of nitrogens with zero attached hydrogens (tertiary/aromatic N) is 1. The van der Waals surface area contributed by atoms with E-state index in [1.54, 1.807) is 14.2 Å². The highest BCUT2D eigenvalue weighted by molar-refractivity contribution is 5.89. The fourth-order valence-electron chi connectivity index (χ4n) is 2.04. The summed E-state index contributed by atoms with van der Waals surface area (Å²) in [6.45, 7) is 1.99. The summed E-state index contributed by atoms with van der Waals surface area (Å²) in [5, 5.41) is 0. The smallest absolute Gasteiger partial charge is 0.185 e. The molecule has 0 amide bonds. The largest absolute Gasteiger partial charge is 0.352 e. The van der Waals surface area contributed by atoms with Crippen LogP contribution in [0.5, 0.6) is 0 Å². The number of ether oxygens (including phenoxy) is 2. The van der Waals surface area contributed by atoms with Crippen molar-refractivity contribution >= 4 is 17.1 Å². The molecular formula is C18H19NO2. The lowest BCUT2D eigenvalue weighted by atomic mass is 10.1. The summed E-state index contributed by atoms with van der Waals surface area (Å²) < 4.78 is 10.6. The van der Waals surface area contributed by atoms with E-state index in [-0.39, 0.29) is 0 Å². The normalized spacial score (nSPS) is 10.3. The third-order valence-corrected chi connectivity index (χ3v) is 3.17. The minimum absolute atomic E-state index is 0.427. The molecule has 3 heteroatoms. The lowest BCUT2D eigenvalue weighted by Crippen LogP contribution is -2.03. The van der Waals surface area contributed by atoms with Crippen molar-refractivity contribution in [1.82, 2.24) is 0 Å². The number of hydrogen-bond donors (Lipinski definition) is 0. The van der Waals surface area contributed by atoms with E-state index in [1.807, 2.05) is 61.5 Å². The first kappa shape index (κ1) is 15.2. The summed E-state index contributed by atoms with van der Waals surface area (Å²) in [5.41, 5.74) is 3.77. The third-order valence-electron chi connectivity index (χ3n) is 3.17. The Bertz CT molecular complexity index is 639. The average molecular weight is 281 g/mol. The molecule has 2 aromatic rings. The fraction of sp³-hybridized carbons (Fsp3) is 0.222. The SMILES string of the molecule is COC(OC)c1ccccc1N=C=C(C)c1ccccc1. The molecule has 3 nitrogen and oxygen atoms in total. The molecule has 21 heavy (non-hydrogen) atoms. The molecule has 0 bridgehead atoms. The highest BCUT2D eigenvalue weighted by Crippen LogP contribution is 2.27. The summed E-state index contributed by atoms with van der Waals surface area (Å²) in [5.74, 6) is 3.09. The van der Waals surface area contributed by atoms with Gasteiger partial charge in [-0.2, -0.15) is 0 Å². The van der Waals surface area contributed by atoms with Crippen LogP contribution in [0.15, 0.2) is 59.6 Å². The van der Waals surface area contributed by atoms with Gasteiger partial charge in [0, 0.05) is 25.4 Å². The minimum atomic E-state index is -0.427. The minimum Gasteiger partial charge on any atom is -0.352 e. The zero-order valence-electron chi connectivity index (χ0n) is 12.5. The van der Waals surface area contributed by atoms with Crippen LogP contribution >= 0.6 is 0 Å². The first-order valence-corrected chi connectivity index (χ1v) is 6.76. The second-order valence-electron chi connectivity index (χ2n) is 4.58. The van der Waals surface area contributed by atoms with Crippen molar-refractivity contribution in [2.75, 3.05) is 14.2 Å². The lowest BCUT2D eigenvalue weighted by molar-refractivity contribution is -0.105. The Labute approximate surface area is 125 Å². The molecular weight excluding hydrogens is 262 g/mol. The van der Waals surface area contributed by atoms with Gasteiger partial charge in [0.25, 0.3) is 0 Å². The van der Waals surface area contributed by atoms with Crippen molar-refractivity contribution < 1.29 is 9.47 Å². The Morgan fingerprint density at radius 2 is 1.57 bits per heavy atom. The molecule has 0 aliphatic heterocycles. The first-order valence-electron chi connectivity index (χ1n) is 6.76. The van der Waals surface area contributed by atoms with Crippen LogP contribution < -0.4 is 0 Å². The van der Waals surface area contributed by atoms with Gasteiger partial charge >= 0.3 is 0 Å². The highest BCUT2D eigenvalue weighted by Gasteiger charge is 2.12. The van der Waals surface area contributed by atoms with Crippen molar-refractivity contribution in [2.45, 2.75) is 13.2 Å². The van der Waals surface area contributed by atoms with E-state index in [4.69, 9.17) is 9.47 Å². The number of allylic oxidation sites excluding steroid dienone is 1. The molecule has 0 atom stereocenters. The number of aliphatic imine (C=N–C) groups is 1. The molecule has 0 N–H and O–H groups in total. The number of benzene rings is 2. The zero-order chi connectivity index (χ0) is 15.1. The molecule has 0 aliphatic carbocycles. The Balaban J connectivity index is 2.37. The van der Waals surface area contributed by atoms with Crippen LogP contribution in [0.3, 0.4) is 0 Å². The maximum atomic E-state index is 5.30. The Morgan fingerprint density at radius 1 is 0.952 bits per heavy atom. The predicted octanol–water partition coefficient (Wildman–Crippen LogP) is 4.38. The molecule has 108 valence electrons. The van der Waals surface area contributed by atoms with Gasteiger partial charge < -0.3 is 9.47 Å². The van der Waals surface area contributed by atoms with Gasteiger partial charge in [0.1, 0.15) is 0 Å². The van der Waals surface area contributed by atoms with E-state index in [0.717, 1.165) is 22.4 Å². The molecule has 0 radical (unpaired) electrons. The van der Waals surface area contributed by atoms with Crippen molar-refractivity contribution in [3.05, 3.63) is 65.7 Å². The monoisotopic (exact) mass is 281 g/mol. The molecule has 0 unspecified atom stereocenters.